The molecular formula is C5H7N5OS. The predicted molar refractivity (Wildman–Crippen MR) is 46.6 cm³/mol. The van der Waals surface area contributed by atoms with E-state index in [-0.39, 0.29) is 10.8 Å². The van der Waals surface area contributed by atoms with E-state index in [9.17, 15) is 4.79 Å². The number of hydrogen-bond acceptors (Lipinski definition) is 4. The summed E-state index contributed by atoms with van der Waals surface area (Å²) in [7, 11) is 0. The molecule has 1 aromatic rings. The van der Waals surface area contributed by atoms with Crippen LogP contribution in [0, 0.1) is 0 Å². The van der Waals surface area contributed by atoms with Crippen molar-refractivity contribution in [1.29, 1.82) is 0 Å². The molecule has 0 saturated heterocycles. The van der Waals surface area contributed by atoms with E-state index in [2.05, 4.69) is 22.5 Å². The molecule has 0 radical (unpaired) electrons. The number of amides is 1. The van der Waals surface area contributed by atoms with Gasteiger partial charge in [0.25, 0.3) is 5.91 Å². The first kappa shape index (κ1) is 8.47. The summed E-state index contributed by atoms with van der Waals surface area (Å²) in [6, 6.07) is 0. The number of carbonyl (C=O) groups is 1. The van der Waals surface area contributed by atoms with Gasteiger partial charge in [0.2, 0.25) is 0 Å². The number of nitrogens with zero attached hydrogens (tertiary/aromatic N) is 2. The summed E-state index contributed by atoms with van der Waals surface area (Å²) < 4.78 is 1.16. The molecule has 0 aliphatic carbocycles. The maximum atomic E-state index is 11.1. The van der Waals surface area contributed by atoms with Crippen molar-refractivity contribution in [3.05, 3.63) is 18.2 Å². The standard InChI is InChI=1S/C5H7N5OS/c6-5(12)9-4(11)3-1-10(7)2-8-3/h1-2H,7H2,(H3,6,9,11,12). The lowest BCUT2D eigenvalue weighted by Crippen LogP contribution is -2.34. The summed E-state index contributed by atoms with van der Waals surface area (Å²) >= 11 is 4.46. The Labute approximate surface area is 73.5 Å². The molecule has 0 atom stereocenters. The van der Waals surface area contributed by atoms with Gasteiger partial charge in [-0.1, -0.05) is 0 Å². The molecule has 6 nitrogen and oxygen atoms in total. The van der Waals surface area contributed by atoms with Gasteiger partial charge in [0.1, 0.15) is 12.0 Å². The average Bonchev–Trinajstić information content (AvgIpc) is 2.34. The van der Waals surface area contributed by atoms with Crippen molar-refractivity contribution in [2.24, 2.45) is 5.73 Å². The molecule has 0 fully saturated rings. The van der Waals surface area contributed by atoms with Crippen LogP contribution < -0.4 is 16.9 Å². The first-order chi connectivity index (χ1) is 5.59. The van der Waals surface area contributed by atoms with Crippen molar-refractivity contribution < 1.29 is 4.79 Å². The third kappa shape index (κ3) is 1.92. The second kappa shape index (κ2) is 3.18. The van der Waals surface area contributed by atoms with E-state index < -0.39 is 5.91 Å². The highest BCUT2D eigenvalue weighted by molar-refractivity contribution is 7.80. The number of rotatable bonds is 1. The average molecular weight is 185 g/mol. The Balaban J connectivity index is 2.72. The number of imidazole rings is 1. The lowest BCUT2D eigenvalue weighted by molar-refractivity contribution is 0.0973. The van der Waals surface area contributed by atoms with Gasteiger partial charge in [-0.3, -0.25) is 14.8 Å². The van der Waals surface area contributed by atoms with Gasteiger partial charge in [-0.05, 0) is 12.2 Å². The number of aromatic nitrogens is 2. The van der Waals surface area contributed by atoms with E-state index in [1.807, 2.05) is 0 Å². The predicted octanol–water partition coefficient (Wildman–Crippen LogP) is -1.43. The fourth-order valence-electron chi connectivity index (χ4n) is 0.630. The van der Waals surface area contributed by atoms with Crippen LogP contribution in [0.2, 0.25) is 0 Å². The molecule has 64 valence electrons. The molecule has 0 bridgehead atoms. The Kier molecular flexibility index (Phi) is 2.24. The first-order valence-corrected chi connectivity index (χ1v) is 3.40. The normalized spacial score (nSPS) is 9.33. The minimum absolute atomic E-state index is 0.0911. The first-order valence-electron chi connectivity index (χ1n) is 2.99. The number of nitrogens with one attached hydrogen (secondary N) is 1. The lowest BCUT2D eigenvalue weighted by Gasteiger charge is -1.96. The van der Waals surface area contributed by atoms with Crippen LogP contribution in [0.15, 0.2) is 12.5 Å². The molecular weight excluding hydrogens is 178 g/mol. The summed E-state index contributed by atoms with van der Waals surface area (Å²) in [6.45, 7) is 0. The minimum atomic E-state index is -0.466. The monoisotopic (exact) mass is 185 g/mol. The zero-order chi connectivity index (χ0) is 9.14. The Morgan fingerprint density at radius 2 is 2.42 bits per heavy atom. The molecule has 0 aliphatic heterocycles. The Morgan fingerprint density at radius 1 is 1.75 bits per heavy atom. The fraction of sp³-hybridized carbons (Fsp3) is 0. The van der Waals surface area contributed by atoms with Crippen molar-refractivity contribution in [2.75, 3.05) is 5.84 Å². The van der Waals surface area contributed by atoms with Crippen LogP contribution in [0.5, 0.6) is 0 Å². The molecule has 1 aromatic heterocycles. The lowest BCUT2D eigenvalue weighted by atomic mass is 10.4. The van der Waals surface area contributed by atoms with Crippen LogP contribution in [0.4, 0.5) is 0 Å². The van der Waals surface area contributed by atoms with Gasteiger partial charge in [-0.2, -0.15) is 0 Å². The smallest absolute Gasteiger partial charge is 0.277 e. The molecule has 0 aromatic carbocycles. The summed E-state index contributed by atoms with van der Waals surface area (Å²) in [5.74, 6) is 4.79. The van der Waals surface area contributed by atoms with Crippen LogP contribution in [0.1, 0.15) is 10.5 Å². The van der Waals surface area contributed by atoms with Crippen LogP contribution in [0.25, 0.3) is 0 Å². The van der Waals surface area contributed by atoms with Crippen molar-refractivity contribution in [2.45, 2.75) is 0 Å². The SMILES string of the molecule is NC(=S)NC(=O)c1cn(N)cn1. The second-order valence-electron chi connectivity index (χ2n) is 2.02. The summed E-state index contributed by atoms with van der Waals surface area (Å²) in [5.41, 5.74) is 5.24. The Hall–Kier alpha value is -1.63. The van der Waals surface area contributed by atoms with E-state index >= 15 is 0 Å². The van der Waals surface area contributed by atoms with Crippen LogP contribution >= 0.6 is 12.2 Å². The van der Waals surface area contributed by atoms with Crippen molar-refractivity contribution >= 4 is 23.2 Å². The summed E-state index contributed by atoms with van der Waals surface area (Å²) in [6.07, 6.45) is 2.65. The Bertz CT molecular complexity index is 319. The summed E-state index contributed by atoms with van der Waals surface area (Å²) in [4.78, 5) is 14.7. The van der Waals surface area contributed by atoms with Gasteiger partial charge in [0.15, 0.2) is 5.11 Å². The number of nitrogen functional groups attached to an aromatic ring is 1. The largest absolute Gasteiger partial charge is 0.376 e. The van der Waals surface area contributed by atoms with Crippen LogP contribution in [-0.2, 0) is 0 Å². The Morgan fingerprint density at radius 3 is 2.83 bits per heavy atom. The molecule has 12 heavy (non-hydrogen) atoms. The molecule has 0 unspecified atom stereocenters. The molecule has 0 spiro atoms. The highest BCUT2D eigenvalue weighted by atomic mass is 32.1. The van der Waals surface area contributed by atoms with Gasteiger partial charge < -0.3 is 11.6 Å². The number of thiocarbonyl (C=S) groups is 1. The van der Waals surface area contributed by atoms with Crippen LogP contribution in [-0.4, -0.2) is 20.7 Å². The second-order valence-corrected chi connectivity index (χ2v) is 2.46. The van der Waals surface area contributed by atoms with E-state index in [0.29, 0.717) is 0 Å². The number of carbonyl (C=O) groups excluding carboxylic acids is 1. The van der Waals surface area contributed by atoms with Crippen molar-refractivity contribution in [3.63, 3.8) is 0 Å². The van der Waals surface area contributed by atoms with Crippen molar-refractivity contribution in [3.8, 4) is 0 Å². The zero-order valence-electron chi connectivity index (χ0n) is 6.02. The third-order valence-electron chi connectivity index (χ3n) is 1.07. The maximum absolute atomic E-state index is 11.1. The quantitative estimate of drug-likeness (QED) is 0.368. The van der Waals surface area contributed by atoms with E-state index in [4.69, 9.17) is 11.6 Å². The van der Waals surface area contributed by atoms with Gasteiger partial charge in [0, 0.05) is 0 Å². The molecule has 1 amide bonds. The molecule has 5 N–H and O–H groups in total. The maximum Gasteiger partial charge on any atom is 0.277 e. The molecule has 1 heterocycles. The molecule has 7 heteroatoms. The van der Waals surface area contributed by atoms with Gasteiger partial charge in [-0.25, -0.2) is 4.98 Å². The fourth-order valence-corrected chi connectivity index (χ4v) is 0.723. The highest BCUT2D eigenvalue weighted by Crippen LogP contribution is 1.91. The third-order valence-corrected chi connectivity index (χ3v) is 1.17. The van der Waals surface area contributed by atoms with E-state index in [0.717, 1.165) is 4.68 Å². The topological polar surface area (TPSA) is 99.0 Å². The summed E-state index contributed by atoms with van der Waals surface area (Å²) in [5, 5.41) is 2.12. The number of hydrogen-bond donors (Lipinski definition) is 3. The van der Waals surface area contributed by atoms with Crippen molar-refractivity contribution in [1.82, 2.24) is 15.0 Å². The van der Waals surface area contributed by atoms with E-state index in [1.54, 1.807) is 0 Å². The van der Waals surface area contributed by atoms with Crippen LogP contribution in [0.3, 0.4) is 0 Å². The number of nitrogens with two attached hydrogens (primary N) is 2. The van der Waals surface area contributed by atoms with Gasteiger partial charge >= 0.3 is 0 Å². The molecule has 0 saturated carbocycles. The molecule has 0 aliphatic rings. The van der Waals surface area contributed by atoms with E-state index in [1.165, 1.54) is 12.5 Å². The van der Waals surface area contributed by atoms with Gasteiger partial charge in [0.05, 0.1) is 6.20 Å². The molecule has 1 rings (SSSR count). The minimum Gasteiger partial charge on any atom is -0.376 e. The van der Waals surface area contributed by atoms with Gasteiger partial charge in [-0.15, -0.1) is 0 Å². The zero-order valence-corrected chi connectivity index (χ0v) is 6.84. The highest BCUT2D eigenvalue weighted by Gasteiger charge is 2.08.